The van der Waals surface area contributed by atoms with Gasteiger partial charge in [-0.3, -0.25) is 4.79 Å². The van der Waals surface area contributed by atoms with Crippen LogP contribution in [0.15, 0.2) is 0 Å². The topological polar surface area (TPSA) is 35.6 Å². The van der Waals surface area contributed by atoms with E-state index in [0.29, 0.717) is 18.0 Å². The number of hydrogen-bond donors (Lipinski definition) is 1. The highest BCUT2D eigenvalue weighted by atomic mass is 16.2. The molecule has 0 aromatic heterocycles. The van der Waals surface area contributed by atoms with Crippen LogP contribution < -0.4 is 5.32 Å². The summed E-state index contributed by atoms with van der Waals surface area (Å²) in [7, 11) is 0. The molecule has 1 unspecified atom stereocenters. The van der Waals surface area contributed by atoms with E-state index in [1.54, 1.807) is 0 Å². The summed E-state index contributed by atoms with van der Waals surface area (Å²) in [6.45, 7) is 7.52. The van der Waals surface area contributed by atoms with E-state index in [-0.39, 0.29) is 5.92 Å². The van der Waals surface area contributed by atoms with Gasteiger partial charge in [0.05, 0.1) is 5.92 Å². The summed E-state index contributed by atoms with van der Waals surface area (Å²) < 4.78 is 0. The van der Waals surface area contributed by atoms with Gasteiger partial charge in [0.1, 0.15) is 0 Å². The molecule has 1 N–H and O–H groups in total. The van der Waals surface area contributed by atoms with Crippen molar-refractivity contribution in [1.29, 1.82) is 0 Å². The van der Waals surface area contributed by atoms with Gasteiger partial charge in [-0.2, -0.15) is 0 Å². The fourth-order valence-electron chi connectivity index (χ4n) is 3.84. The second kappa shape index (κ2) is 5.17. The van der Waals surface area contributed by atoms with Gasteiger partial charge in [-0.25, -0.2) is 0 Å². The average molecular weight is 251 g/mol. The van der Waals surface area contributed by atoms with Crippen LogP contribution in [0.5, 0.6) is 0 Å². The van der Waals surface area contributed by atoms with Crippen LogP contribution in [0, 0.1) is 5.92 Å². The molecule has 3 rings (SSSR count). The highest BCUT2D eigenvalue weighted by Gasteiger charge is 2.42. The largest absolute Gasteiger partial charge is 0.337 e. The number of likely N-dealkylation sites (tertiary alicyclic amines) is 2. The lowest BCUT2D eigenvalue weighted by Crippen LogP contribution is -2.51. The normalized spacial score (nSPS) is 36.3. The van der Waals surface area contributed by atoms with Crippen LogP contribution in [0.4, 0.5) is 0 Å². The van der Waals surface area contributed by atoms with Crippen LogP contribution in [0.1, 0.15) is 32.6 Å². The van der Waals surface area contributed by atoms with Crippen molar-refractivity contribution in [3.8, 4) is 0 Å². The van der Waals surface area contributed by atoms with Crippen molar-refractivity contribution in [1.82, 2.24) is 15.1 Å². The fraction of sp³-hybridized carbons (Fsp3) is 0.929. The molecular formula is C14H25N3O. The van der Waals surface area contributed by atoms with Gasteiger partial charge in [-0.1, -0.05) is 6.92 Å². The Balaban J connectivity index is 1.58. The summed E-state index contributed by atoms with van der Waals surface area (Å²) in [5.74, 6) is 0.703. The third kappa shape index (κ3) is 2.28. The lowest BCUT2D eigenvalue weighted by atomic mass is 9.96. The lowest BCUT2D eigenvalue weighted by molar-refractivity contribution is -0.138. The number of nitrogens with zero attached hydrogens (tertiary/aromatic N) is 2. The second-order valence-electron chi connectivity index (χ2n) is 6.13. The number of rotatable bonds is 3. The summed E-state index contributed by atoms with van der Waals surface area (Å²) in [4.78, 5) is 17.3. The molecule has 102 valence electrons. The number of nitrogens with one attached hydrogen (secondary N) is 1. The van der Waals surface area contributed by atoms with Crippen LogP contribution in [-0.2, 0) is 4.79 Å². The molecule has 3 aliphatic heterocycles. The number of fused-ring (bicyclic) bond motifs is 2. The molecule has 0 saturated carbocycles. The first-order valence-corrected chi connectivity index (χ1v) is 7.54. The summed E-state index contributed by atoms with van der Waals surface area (Å²) in [5.41, 5.74) is 0. The molecule has 4 nitrogen and oxygen atoms in total. The minimum Gasteiger partial charge on any atom is -0.337 e. The highest BCUT2D eigenvalue weighted by Crippen LogP contribution is 2.27. The maximum atomic E-state index is 12.6. The van der Waals surface area contributed by atoms with E-state index in [9.17, 15) is 4.79 Å². The molecule has 3 aliphatic rings. The summed E-state index contributed by atoms with van der Waals surface area (Å²) >= 11 is 0. The maximum absolute atomic E-state index is 12.6. The Kier molecular flexibility index (Phi) is 3.57. The van der Waals surface area contributed by atoms with E-state index < -0.39 is 0 Å². The number of piperazine rings is 1. The van der Waals surface area contributed by atoms with E-state index >= 15 is 0 Å². The molecule has 0 spiro atoms. The Bertz CT molecular complexity index is 318. The molecule has 4 heteroatoms. The van der Waals surface area contributed by atoms with Crippen molar-refractivity contribution < 1.29 is 4.79 Å². The van der Waals surface area contributed by atoms with E-state index in [2.05, 4.69) is 22.0 Å². The quantitative estimate of drug-likeness (QED) is 0.801. The lowest BCUT2D eigenvalue weighted by Gasteiger charge is -2.36. The SMILES string of the molecule is CCCN1CCCC(C(=O)N2C[C@@H]3C[C@H]2CN3)C1. The monoisotopic (exact) mass is 251 g/mol. The highest BCUT2D eigenvalue weighted by molar-refractivity contribution is 5.80. The van der Waals surface area contributed by atoms with Crippen molar-refractivity contribution in [2.75, 3.05) is 32.7 Å². The molecule has 0 aromatic rings. The molecule has 0 aromatic carbocycles. The molecule has 1 amide bonds. The first-order chi connectivity index (χ1) is 8.78. The summed E-state index contributed by atoms with van der Waals surface area (Å²) in [6.07, 6.45) is 4.66. The smallest absolute Gasteiger partial charge is 0.227 e. The van der Waals surface area contributed by atoms with Gasteiger partial charge in [-0.05, 0) is 38.8 Å². The molecule has 3 saturated heterocycles. The minimum atomic E-state index is 0.268. The van der Waals surface area contributed by atoms with Crippen molar-refractivity contribution >= 4 is 5.91 Å². The number of carbonyl (C=O) groups excluding carboxylic acids is 1. The molecule has 3 heterocycles. The molecule has 0 radical (unpaired) electrons. The Hall–Kier alpha value is -0.610. The van der Waals surface area contributed by atoms with Crippen LogP contribution >= 0.6 is 0 Å². The van der Waals surface area contributed by atoms with Crippen LogP contribution in [0.25, 0.3) is 0 Å². The van der Waals surface area contributed by atoms with Gasteiger partial charge >= 0.3 is 0 Å². The Morgan fingerprint density at radius 3 is 2.94 bits per heavy atom. The first kappa shape index (κ1) is 12.4. The Labute approximate surface area is 110 Å². The van der Waals surface area contributed by atoms with E-state index in [1.165, 1.54) is 25.8 Å². The second-order valence-corrected chi connectivity index (χ2v) is 6.13. The van der Waals surface area contributed by atoms with Gasteiger partial charge < -0.3 is 15.1 Å². The van der Waals surface area contributed by atoms with Gasteiger partial charge in [0.15, 0.2) is 0 Å². The maximum Gasteiger partial charge on any atom is 0.227 e. The number of piperidine rings is 1. The molecule has 18 heavy (non-hydrogen) atoms. The zero-order chi connectivity index (χ0) is 12.5. The van der Waals surface area contributed by atoms with Gasteiger partial charge in [0.25, 0.3) is 0 Å². The van der Waals surface area contributed by atoms with Crippen LogP contribution in [0.3, 0.4) is 0 Å². The van der Waals surface area contributed by atoms with Crippen molar-refractivity contribution in [2.24, 2.45) is 5.92 Å². The minimum absolute atomic E-state index is 0.268. The third-order valence-corrected chi connectivity index (χ3v) is 4.73. The van der Waals surface area contributed by atoms with E-state index in [0.717, 1.165) is 32.6 Å². The number of carbonyl (C=O) groups is 1. The number of amides is 1. The van der Waals surface area contributed by atoms with E-state index in [1.807, 2.05) is 0 Å². The zero-order valence-electron chi connectivity index (χ0n) is 11.4. The predicted molar refractivity (Wildman–Crippen MR) is 71.4 cm³/mol. The van der Waals surface area contributed by atoms with Gasteiger partial charge in [0, 0.05) is 31.7 Å². The first-order valence-electron chi connectivity index (χ1n) is 7.54. The third-order valence-electron chi connectivity index (χ3n) is 4.73. The van der Waals surface area contributed by atoms with Crippen LogP contribution in [-0.4, -0.2) is 60.5 Å². The molecule has 3 atom stereocenters. The molecule has 2 bridgehead atoms. The predicted octanol–water partition coefficient (Wildman–Crippen LogP) is 0.681. The van der Waals surface area contributed by atoms with Crippen molar-refractivity contribution in [3.05, 3.63) is 0 Å². The van der Waals surface area contributed by atoms with Crippen molar-refractivity contribution in [2.45, 2.75) is 44.7 Å². The molecular weight excluding hydrogens is 226 g/mol. The summed E-state index contributed by atoms with van der Waals surface area (Å²) in [6, 6.07) is 1.07. The van der Waals surface area contributed by atoms with E-state index in [4.69, 9.17) is 0 Å². The molecule has 0 aliphatic carbocycles. The summed E-state index contributed by atoms with van der Waals surface area (Å²) in [5, 5.41) is 3.47. The molecule has 3 fully saturated rings. The Morgan fingerprint density at radius 1 is 1.39 bits per heavy atom. The standard InChI is InChI=1S/C14H25N3O/c1-2-5-16-6-3-4-11(9-16)14(18)17-10-12-7-13(17)8-15-12/h11-13,15H,2-10H2,1H3/t11?,12-,13-/m0/s1. The van der Waals surface area contributed by atoms with Gasteiger partial charge in [0.2, 0.25) is 5.91 Å². The average Bonchev–Trinajstić information content (AvgIpc) is 3.01. The fourth-order valence-corrected chi connectivity index (χ4v) is 3.84. The Morgan fingerprint density at radius 2 is 2.28 bits per heavy atom. The van der Waals surface area contributed by atoms with Gasteiger partial charge in [-0.15, -0.1) is 0 Å². The number of hydrogen-bond acceptors (Lipinski definition) is 3. The van der Waals surface area contributed by atoms with Crippen molar-refractivity contribution in [3.63, 3.8) is 0 Å². The van der Waals surface area contributed by atoms with Crippen LogP contribution in [0.2, 0.25) is 0 Å². The zero-order valence-corrected chi connectivity index (χ0v) is 11.4.